The molecule has 0 aliphatic carbocycles. The van der Waals surface area contributed by atoms with Gasteiger partial charge in [0.2, 0.25) is 5.89 Å². The van der Waals surface area contributed by atoms with E-state index in [0.29, 0.717) is 22.2 Å². The van der Waals surface area contributed by atoms with E-state index in [0.717, 1.165) is 28.0 Å². The van der Waals surface area contributed by atoms with Crippen molar-refractivity contribution in [3.8, 4) is 11.5 Å². The lowest BCUT2D eigenvalue weighted by Crippen LogP contribution is -2.12. The quantitative estimate of drug-likeness (QED) is 0.479. The summed E-state index contributed by atoms with van der Waals surface area (Å²) in [5.74, 6) is 1.20. The summed E-state index contributed by atoms with van der Waals surface area (Å²) in [5, 5.41) is 4.17. The molecule has 2 heterocycles. The average Bonchev–Trinajstić information content (AvgIpc) is 3.16. The summed E-state index contributed by atoms with van der Waals surface area (Å²) in [6, 6.07) is 12.8. The highest BCUT2D eigenvalue weighted by atomic mass is 35.5. The Labute approximate surface area is 161 Å². The van der Waals surface area contributed by atoms with Crippen LogP contribution in [0, 0.1) is 20.8 Å². The Kier molecular flexibility index (Phi) is 4.24. The van der Waals surface area contributed by atoms with Crippen molar-refractivity contribution < 1.29 is 13.6 Å². The first kappa shape index (κ1) is 17.4. The molecule has 0 radical (unpaired) electrons. The van der Waals surface area contributed by atoms with Gasteiger partial charge in [0.15, 0.2) is 11.3 Å². The molecule has 0 unspecified atom stereocenters. The minimum Gasteiger partial charge on any atom is -0.449 e. The van der Waals surface area contributed by atoms with Gasteiger partial charge in [-0.15, -0.1) is 0 Å². The molecule has 5 nitrogen and oxygen atoms in total. The number of oxazole rings is 1. The molecule has 1 amide bonds. The maximum atomic E-state index is 12.7. The zero-order valence-corrected chi connectivity index (χ0v) is 15.8. The van der Waals surface area contributed by atoms with Gasteiger partial charge in [-0.1, -0.05) is 29.8 Å². The second-order valence-corrected chi connectivity index (χ2v) is 6.78. The minimum absolute atomic E-state index is 0.242. The number of carbonyl (C=O) groups excluding carboxylic acids is 1. The van der Waals surface area contributed by atoms with Crippen molar-refractivity contribution in [3.63, 3.8) is 0 Å². The number of para-hydroxylation sites is 1. The zero-order valence-electron chi connectivity index (χ0n) is 15.1. The number of nitrogens with zero attached hydrogens (tertiary/aromatic N) is 1. The predicted molar refractivity (Wildman–Crippen MR) is 105 cm³/mol. The van der Waals surface area contributed by atoms with Crippen molar-refractivity contribution in [1.29, 1.82) is 0 Å². The molecule has 6 heteroatoms. The highest BCUT2D eigenvalue weighted by Crippen LogP contribution is 2.31. The molecule has 136 valence electrons. The Bertz CT molecular complexity index is 1150. The molecule has 0 bridgehead atoms. The van der Waals surface area contributed by atoms with E-state index in [9.17, 15) is 4.79 Å². The van der Waals surface area contributed by atoms with Gasteiger partial charge in [-0.25, -0.2) is 4.98 Å². The van der Waals surface area contributed by atoms with E-state index >= 15 is 0 Å². The number of amides is 1. The van der Waals surface area contributed by atoms with Gasteiger partial charge in [-0.05, 0) is 45.0 Å². The monoisotopic (exact) mass is 380 g/mol. The van der Waals surface area contributed by atoms with Crippen molar-refractivity contribution in [3.05, 3.63) is 70.3 Å². The fourth-order valence-electron chi connectivity index (χ4n) is 2.94. The van der Waals surface area contributed by atoms with Crippen LogP contribution < -0.4 is 5.32 Å². The van der Waals surface area contributed by atoms with Crippen molar-refractivity contribution in [2.75, 3.05) is 5.32 Å². The number of aryl methyl sites for hydroxylation is 3. The molecule has 0 saturated heterocycles. The van der Waals surface area contributed by atoms with E-state index < -0.39 is 0 Å². The summed E-state index contributed by atoms with van der Waals surface area (Å²) in [5.41, 5.74) is 3.51. The molecular formula is C21H17ClN2O3. The Balaban J connectivity index is 1.65. The molecule has 0 saturated carbocycles. The molecule has 27 heavy (non-hydrogen) atoms. The van der Waals surface area contributed by atoms with Gasteiger partial charge in [0.05, 0.1) is 10.7 Å². The highest BCUT2D eigenvalue weighted by molar-refractivity contribution is 6.35. The number of nitrogens with one attached hydrogen (secondary N) is 1. The second kappa shape index (κ2) is 6.59. The lowest BCUT2D eigenvalue weighted by atomic mass is 10.1. The van der Waals surface area contributed by atoms with Crippen LogP contribution in [0.4, 0.5) is 5.69 Å². The summed E-state index contributed by atoms with van der Waals surface area (Å²) in [6.07, 6.45) is 0. The summed E-state index contributed by atoms with van der Waals surface area (Å²) < 4.78 is 11.4. The van der Waals surface area contributed by atoms with Crippen LogP contribution in [0.25, 0.3) is 22.4 Å². The lowest BCUT2D eigenvalue weighted by molar-refractivity contribution is 0.0998. The normalized spacial score (nSPS) is 11.1. The maximum absolute atomic E-state index is 12.7. The molecule has 0 fully saturated rings. The molecule has 0 aliphatic heterocycles. The van der Waals surface area contributed by atoms with Crippen molar-refractivity contribution in [2.24, 2.45) is 0 Å². The van der Waals surface area contributed by atoms with Crippen LogP contribution in [0.3, 0.4) is 0 Å². The third-order valence-electron chi connectivity index (χ3n) is 4.52. The number of halogens is 1. The first-order valence-corrected chi connectivity index (χ1v) is 8.85. The maximum Gasteiger partial charge on any atom is 0.291 e. The summed E-state index contributed by atoms with van der Waals surface area (Å²) in [4.78, 5) is 17.1. The summed E-state index contributed by atoms with van der Waals surface area (Å²) >= 11 is 6.17. The number of benzene rings is 2. The number of rotatable bonds is 3. The summed E-state index contributed by atoms with van der Waals surface area (Å²) in [7, 11) is 0. The fourth-order valence-corrected chi connectivity index (χ4v) is 3.15. The van der Waals surface area contributed by atoms with Crippen LogP contribution in [-0.4, -0.2) is 10.9 Å². The third kappa shape index (κ3) is 3.11. The SMILES string of the molecule is Cc1nc(-c2cccc(NC(=O)c3oc4c(Cl)cccc4c3C)c2)oc1C. The van der Waals surface area contributed by atoms with Gasteiger partial charge >= 0.3 is 0 Å². The van der Waals surface area contributed by atoms with Crippen molar-refractivity contribution in [2.45, 2.75) is 20.8 Å². The molecule has 2 aromatic carbocycles. The Morgan fingerprint density at radius 2 is 1.85 bits per heavy atom. The topological polar surface area (TPSA) is 68.3 Å². The van der Waals surface area contributed by atoms with Gasteiger partial charge in [-0.2, -0.15) is 0 Å². The second-order valence-electron chi connectivity index (χ2n) is 6.37. The zero-order chi connectivity index (χ0) is 19.1. The Morgan fingerprint density at radius 3 is 2.56 bits per heavy atom. The highest BCUT2D eigenvalue weighted by Gasteiger charge is 2.19. The van der Waals surface area contributed by atoms with Gasteiger partial charge in [-0.3, -0.25) is 4.79 Å². The largest absolute Gasteiger partial charge is 0.449 e. The van der Waals surface area contributed by atoms with Crippen molar-refractivity contribution in [1.82, 2.24) is 4.98 Å². The van der Waals surface area contributed by atoms with E-state index in [1.807, 2.05) is 51.1 Å². The fraction of sp³-hybridized carbons (Fsp3) is 0.143. The molecule has 4 aromatic rings. The average molecular weight is 381 g/mol. The molecule has 0 spiro atoms. The number of carbonyl (C=O) groups is 1. The molecular weight excluding hydrogens is 364 g/mol. The molecule has 1 N–H and O–H groups in total. The van der Waals surface area contributed by atoms with Gasteiger partial charge in [0.25, 0.3) is 5.91 Å². The standard InChI is InChI=1S/C21H17ClN2O3/c1-11-16-8-5-9-17(22)19(16)27-18(11)20(25)24-15-7-4-6-14(10-15)21-23-12(2)13(3)26-21/h4-10H,1-3H3,(H,24,25). The van der Waals surface area contributed by atoms with Crippen LogP contribution in [0.1, 0.15) is 27.6 Å². The van der Waals surface area contributed by atoms with E-state index in [1.54, 1.807) is 12.1 Å². The van der Waals surface area contributed by atoms with Crippen molar-refractivity contribution >= 4 is 34.2 Å². The van der Waals surface area contributed by atoms with Crippen LogP contribution >= 0.6 is 11.6 Å². The Hall–Kier alpha value is -3.05. The van der Waals surface area contributed by atoms with Crippen LogP contribution in [0.5, 0.6) is 0 Å². The first-order chi connectivity index (χ1) is 12.9. The molecule has 0 aliphatic rings. The molecule has 0 atom stereocenters. The minimum atomic E-state index is -0.336. The third-order valence-corrected chi connectivity index (χ3v) is 4.82. The van der Waals surface area contributed by atoms with Crippen LogP contribution in [0.15, 0.2) is 51.3 Å². The number of anilines is 1. The lowest BCUT2D eigenvalue weighted by Gasteiger charge is -2.05. The number of hydrogen-bond acceptors (Lipinski definition) is 4. The van der Waals surface area contributed by atoms with Gasteiger partial charge < -0.3 is 14.2 Å². The van der Waals surface area contributed by atoms with E-state index in [4.69, 9.17) is 20.4 Å². The number of furan rings is 1. The van der Waals surface area contributed by atoms with E-state index in [2.05, 4.69) is 10.3 Å². The van der Waals surface area contributed by atoms with E-state index in [-0.39, 0.29) is 11.7 Å². The molecule has 4 rings (SSSR count). The van der Waals surface area contributed by atoms with Gasteiger partial charge in [0.1, 0.15) is 5.76 Å². The Morgan fingerprint density at radius 1 is 1.07 bits per heavy atom. The number of fused-ring (bicyclic) bond motifs is 1. The number of aromatic nitrogens is 1. The van der Waals surface area contributed by atoms with Crippen LogP contribution in [-0.2, 0) is 0 Å². The molecule has 2 aromatic heterocycles. The smallest absolute Gasteiger partial charge is 0.291 e. The summed E-state index contributed by atoms with van der Waals surface area (Å²) in [6.45, 7) is 5.60. The predicted octanol–water partition coefficient (Wildman–Crippen LogP) is 5.92. The van der Waals surface area contributed by atoms with Crippen LogP contribution in [0.2, 0.25) is 5.02 Å². The number of hydrogen-bond donors (Lipinski definition) is 1. The van der Waals surface area contributed by atoms with Gasteiger partial charge in [0, 0.05) is 22.2 Å². The first-order valence-electron chi connectivity index (χ1n) is 8.47. The van der Waals surface area contributed by atoms with E-state index in [1.165, 1.54) is 0 Å².